The molecular formula is C13H12BrN3O2. The smallest absolute Gasteiger partial charge is 0.286 e. The largest absolute Gasteiger partial charge is 0.356 e. The molecule has 0 atom stereocenters. The highest BCUT2D eigenvalue weighted by atomic mass is 79.9. The van der Waals surface area contributed by atoms with Crippen molar-refractivity contribution in [1.29, 1.82) is 0 Å². The van der Waals surface area contributed by atoms with Gasteiger partial charge >= 0.3 is 0 Å². The fourth-order valence-electron chi connectivity index (χ4n) is 1.54. The van der Waals surface area contributed by atoms with Gasteiger partial charge in [-0.1, -0.05) is 17.7 Å². The third-order valence-corrected chi connectivity index (χ3v) is 2.92. The quantitative estimate of drug-likeness (QED) is 0.741. The number of amides is 2. The van der Waals surface area contributed by atoms with Gasteiger partial charge in [0.25, 0.3) is 11.8 Å². The number of carbonyl (C=O) groups is 2. The van der Waals surface area contributed by atoms with Gasteiger partial charge in [-0.2, -0.15) is 0 Å². The second kappa shape index (κ2) is 5.71. The molecule has 0 aliphatic carbocycles. The molecule has 0 unspecified atom stereocenters. The number of hydrogen-bond donors (Lipinski definition) is 3. The molecule has 0 saturated carbocycles. The van der Waals surface area contributed by atoms with E-state index in [4.69, 9.17) is 0 Å². The first-order valence-corrected chi connectivity index (χ1v) is 6.37. The highest BCUT2D eigenvalue weighted by Crippen LogP contribution is 2.10. The third kappa shape index (κ3) is 3.45. The van der Waals surface area contributed by atoms with E-state index in [9.17, 15) is 9.59 Å². The van der Waals surface area contributed by atoms with Gasteiger partial charge in [-0.05, 0) is 41.1 Å². The van der Waals surface area contributed by atoms with E-state index in [1.165, 1.54) is 0 Å². The Morgan fingerprint density at radius 2 is 1.89 bits per heavy atom. The zero-order valence-electron chi connectivity index (χ0n) is 10.2. The molecule has 6 heteroatoms. The first-order valence-electron chi connectivity index (χ1n) is 5.57. The summed E-state index contributed by atoms with van der Waals surface area (Å²) in [5.74, 6) is -0.769. The molecule has 1 heterocycles. The van der Waals surface area contributed by atoms with Gasteiger partial charge in [0.1, 0.15) is 5.69 Å². The van der Waals surface area contributed by atoms with Gasteiger partial charge in [0.05, 0.1) is 0 Å². The van der Waals surface area contributed by atoms with E-state index in [1.807, 2.05) is 13.0 Å². The number of rotatable bonds is 2. The molecule has 2 amide bonds. The molecule has 0 fully saturated rings. The van der Waals surface area contributed by atoms with E-state index in [2.05, 4.69) is 31.8 Å². The number of aromatic amines is 1. The topological polar surface area (TPSA) is 74.0 Å². The molecule has 0 bridgehead atoms. The van der Waals surface area contributed by atoms with Crippen LogP contribution in [-0.4, -0.2) is 16.8 Å². The normalized spacial score (nSPS) is 10.0. The standard InChI is InChI=1S/C13H12BrN3O2/c1-8-3-2-4-9(5-8)12(18)16-17-13(19)11-6-10(14)7-15-11/h2-7,15H,1H3,(H,16,18)(H,17,19). The van der Waals surface area contributed by atoms with Crippen LogP contribution in [0.5, 0.6) is 0 Å². The van der Waals surface area contributed by atoms with Gasteiger partial charge in [-0.3, -0.25) is 20.4 Å². The SMILES string of the molecule is Cc1cccc(C(=O)NNC(=O)c2cc(Br)c[nH]2)c1. The number of hydrogen-bond acceptors (Lipinski definition) is 2. The molecule has 3 N–H and O–H groups in total. The molecule has 0 aliphatic heterocycles. The Morgan fingerprint density at radius 1 is 1.16 bits per heavy atom. The van der Waals surface area contributed by atoms with Crippen molar-refractivity contribution in [3.63, 3.8) is 0 Å². The van der Waals surface area contributed by atoms with Crippen LogP contribution < -0.4 is 10.9 Å². The highest BCUT2D eigenvalue weighted by Gasteiger charge is 2.10. The summed E-state index contributed by atoms with van der Waals surface area (Å²) in [6.45, 7) is 1.89. The van der Waals surface area contributed by atoms with E-state index in [0.29, 0.717) is 11.3 Å². The number of carbonyl (C=O) groups excluding carboxylic acids is 2. The summed E-state index contributed by atoms with van der Waals surface area (Å²) in [7, 11) is 0. The lowest BCUT2D eigenvalue weighted by molar-refractivity contribution is 0.0844. The minimum absolute atomic E-state index is 0.358. The van der Waals surface area contributed by atoms with Crippen LogP contribution >= 0.6 is 15.9 Å². The predicted molar refractivity (Wildman–Crippen MR) is 74.6 cm³/mol. The monoisotopic (exact) mass is 321 g/mol. The van der Waals surface area contributed by atoms with Gasteiger partial charge in [0.15, 0.2) is 0 Å². The number of halogens is 1. The lowest BCUT2D eigenvalue weighted by Crippen LogP contribution is -2.41. The molecule has 19 heavy (non-hydrogen) atoms. The van der Waals surface area contributed by atoms with Crippen LogP contribution in [0.1, 0.15) is 26.4 Å². The number of aryl methyl sites for hydroxylation is 1. The van der Waals surface area contributed by atoms with Crippen LogP contribution in [0.25, 0.3) is 0 Å². The number of hydrazine groups is 1. The Labute approximate surface area is 118 Å². The van der Waals surface area contributed by atoms with Crippen LogP contribution in [0.15, 0.2) is 41.0 Å². The zero-order valence-corrected chi connectivity index (χ0v) is 11.7. The Hall–Kier alpha value is -2.08. The highest BCUT2D eigenvalue weighted by molar-refractivity contribution is 9.10. The van der Waals surface area contributed by atoms with Crippen molar-refractivity contribution in [2.75, 3.05) is 0 Å². The summed E-state index contributed by atoms with van der Waals surface area (Å²) in [5, 5.41) is 0. The zero-order chi connectivity index (χ0) is 13.8. The summed E-state index contributed by atoms with van der Waals surface area (Å²) in [4.78, 5) is 26.2. The maximum Gasteiger partial charge on any atom is 0.286 e. The lowest BCUT2D eigenvalue weighted by Gasteiger charge is -2.06. The fraction of sp³-hybridized carbons (Fsp3) is 0.0769. The average Bonchev–Trinajstić information content (AvgIpc) is 2.82. The van der Waals surface area contributed by atoms with Crippen LogP contribution in [0.4, 0.5) is 0 Å². The fourth-order valence-corrected chi connectivity index (χ4v) is 1.88. The van der Waals surface area contributed by atoms with Gasteiger partial charge in [0, 0.05) is 16.2 Å². The van der Waals surface area contributed by atoms with Crippen molar-refractivity contribution >= 4 is 27.7 Å². The molecule has 1 aromatic carbocycles. The predicted octanol–water partition coefficient (Wildman–Crippen LogP) is 2.16. The van der Waals surface area contributed by atoms with E-state index < -0.39 is 5.91 Å². The number of nitrogens with one attached hydrogen (secondary N) is 3. The number of aromatic nitrogens is 1. The van der Waals surface area contributed by atoms with Crippen LogP contribution in [-0.2, 0) is 0 Å². The van der Waals surface area contributed by atoms with Crippen molar-refractivity contribution in [3.8, 4) is 0 Å². The summed E-state index contributed by atoms with van der Waals surface area (Å²) >= 11 is 3.23. The van der Waals surface area contributed by atoms with E-state index >= 15 is 0 Å². The Bertz CT molecular complexity index is 622. The van der Waals surface area contributed by atoms with Crippen molar-refractivity contribution in [2.45, 2.75) is 6.92 Å². The molecule has 0 saturated heterocycles. The summed E-state index contributed by atoms with van der Waals surface area (Å²) < 4.78 is 0.766. The second-order valence-electron chi connectivity index (χ2n) is 4.01. The number of benzene rings is 1. The summed E-state index contributed by atoms with van der Waals surface area (Å²) in [6.07, 6.45) is 1.64. The van der Waals surface area contributed by atoms with E-state index in [-0.39, 0.29) is 5.91 Å². The molecule has 1 aromatic heterocycles. The molecular weight excluding hydrogens is 310 g/mol. The van der Waals surface area contributed by atoms with Crippen molar-refractivity contribution in [1.82, 2.24) is 15.8 Å². The first-order chi connectivity index (χ1) is 9.06. The molecule has 5 nitrogen and oxygen atoms in total. The number of H-pyrrole nitrogens is 1. The lowest BCUT2D eigenvalue weighted by atomic mass is 10.1. The molecule has 2 rings (SSSR count). The second-order valence-corrected chi connectivity index (χ2v) is 4.92. The Balaban J connectivity index is 1.95. The van der Waals surface area contributed by atoms with Gasteiger partial charge in [-0.25, -0.2) is 0 Å². The molecule has 0 radical (unpaired) electrons. The van der Waals surface area contributed by atoms with Gasteiger partial charge in [0.2, 0.25) is 0 Å². The van der Waals surface area contributed by atoms with Crippen LogP contribution in [0.3, 0.4) is 0 Å². The first kappa shape index (κ1) is 13.4. The molecule has 98 valence electrons. The van der Waals surface area contributed by atoms with Gasteiger partial charge in [-0.15, -0.1) is 0 Å². The van der Waals surface area contributed by atoms with Crippen LogP contribution in [0, 0.1) is 6.92 Å². The molecule has 0 spiro atoms. The van der Waals surface area contributed by atoms with Gasteiger partial charge < -0.3 is 4.98 Å². The van der Waals surface area contributed by atoms with E-state index in [0.717, 1.165) is 10.0 Å². The maximum atomic E-state index is 11.8. The summed E-state index contributed by atoms with van der Waals surface area (Å²) in [5.41, 5.74) is 6.53. The minimum atomic E-state index is -0.410. The minimum Gasteiger partial charge on any atom is -0.356 e. The summed E-state index contributed by atoms with van der Waals surface area (Å²) in [6, 6.07) is 8.72. The average molecular weight is 322 g/mol. The third-order valence-electron chi connectivity index (χ3n) is 2.46. The van der Waals surface area contributed by atoms with E-state index in [1.54, 1.807) is 30.5 Å². The van der Waals surface area contributed by atoms with Crippen molar-refractivity contribution < 1.29 is 9.59 Å². The maximum absolute atomic E-state index is 11.8. The Morgan fingerprint density at radius 3 is 2.53 bits per heavy atom. The molecule has 2 aromatic rings. The Kier molecular flexibility index (Phi) is 4.01. The molecule has 0 aliphatic rings. The van der Waals surface area contributed by atoms with Crippen LogP contribution in [0.2, 0.25) is 0 Å². The van der Waals surface area contributed by atoms with Crippen molar-refractivity contribution in [3.05, 3.63) is 57.8 Å². The van der Waals surface area contributed by atoms with Crippen molar-refractivity contribution in [2.24, 2.45) is 0 Å².